The van der Waals surface area contributed by atoms with E-state index >= 15 is 0 Å². The van der Waals surface area contributed by atoms with Crippen molar-refractivity contribution >= 4 is 6.21 Å². The molecule has 136 valence electrons. The van der Waals surface area contributed by atoms with Gasteiger partial charge in [0.15, 0.2) is 0 Å². The van der Waals surface area contributed by atoms with Crippen LogP contribution in [0.25, 0.3) is 0 Å². The second-order valence-corrected chi connectivity index (χ2v) is 9.49. The molecule has 1 aliphatic heterocycles. The fraction of sp³-hybridized carbons (Fsp3) is 0.947. The maximum atomic E-state index is 5.44. The first kappa shape index (κ1) is 20.6. The molecule has 2 fully saturated rings. The Morgan fingerprint density at radius 1 is 1.17 bits per heavy atom. The van der Waals surface area contributed by atoms with Gasteiger partial charge in [-0.15, -0.1) is 0 Å². The summed E-state index contributed by atoms with van der Waals surface area (Å²) in [6, 6.07) is 0. The van der Waals surface area contributed by atoms with Crippen LogP contribution in [-0.4, -0.2) is 49.5 Å². The molecule has 2 rings (SSSR count). The molecule has 23 heavy (non-hydrogen) atoms. The highest BCUT2D eigenvalue weighted by molar-refractivity contribution is 5.65. The summed E-state index contributed by atoms with van der Waals surface area (Å²) in [6.07, 6.45) is 6.00. The van der Waals surface area contributed by atoms with E-state index in [1.54, 1.807) is 0 Å². The third kappa shape index (κ3) is 6.52. The number of hydrogen-bond acceptors (Lipinski definition) is 4. The van der Waals surface area contributed by atoms with E-state index < -0.39 is 0 Å². The molecule has 1 saturated heterocycles. The molecule has 0 aromatic heterocycles. The van der Waals surface area contributed by atoms with Crippen LogP contribution in [0.3, 0.4) is 0 Å². The Morgan fingerprint density at radius 3 is 2.35 bits per heavy atom. The van der Waals surface area contributed by atoms with Gasteiger partial charge in [-0.3, -0.25) is 9.89 Å². The molecule has 4 nitrogen and oxygen atoms in total. The van der Waals surface area contributed by atoms with Crippen molar-refractivity contribution in [3.63, 3.8) is 0 Å². The van der Waals surface area contributed by atoms with Crippen LogP contribution < -0.4 is 6.15 Å². The van der Waals surface area contributed by atoms with Crippen LogP contribution in [0.5, 0.6) is 0 Å². The van der Waals surface area contributed by atoms with Gasteiger partial charge in [0.25, 0.3) is 0 Å². The molecule has 2 aliphatic rings. The SMILES string of the molecule is CC1CC(C)(C)CC(C)(N=CC(C)(C)CN2CCOCC2)C1.N. The van der Waals surface area contributed by atoms with E-state index in [2.05, 4.69) is 52.7 Å². The van der Waals surface area contributed by atoms with E-state index in [1.807, 2.05) is 0 Å². The Morgan fingerprint density at radius 2 is 1.78 bits per heavy atom. The highest BCUT2D eigenvalue weighted by Crippen LogP contribution is 2.45. The number of aliphatic imine (C=N–C) groups is 1. The van der Waals surface area contributed by atoms with Gasteiger partial charge in [0, 0.05) is 31.3 Å². The monoisotopic (exact) mass is 325 g/mol. The predicted octanol–water partition coefficient (Wildman–Crippen LogP) is 4.18. The lowest BCUT2D eigenvalue weighted by molar-refractivity contribution is 0.0288. The Kier molecular flexibility index (Phi) is 6.83. The van der Waals surface area contributed by atoms with Gasteiger partial charge in [-0.2, -0.15) is 0 Å². The smallest absolute Gasteiger partial charge is 0.0594 e. The first-order chi connectivity index (χ1) is 10.1. The van der Waals surface area contributed by atoms with Gasteiger partial charge < -0.3 is 10.9 Å². The highest BCUT2D eigenvalue weighted by Gasteiger charge is 2.39. The lowest BCUT2D eigenvalue weighted by Gasteiger charge is -2.44. The summed E-state index contributed by atoms with van der Waals surface area (Å²) in [7, 11) is 0. The van der Waals surface area contributed by atoms with Crippen molar-refractivity contribution in [3.05, 3.63) is 0 Å². The quantitative estimate of drug-likeness (QED) is 0.789. The summed E-state index contributed by atoms with van der Waals surface area (Å²) in [5.74, 6) is 0.772. The molecule has 0 spiro atoms. The zero-order valence-electron chi connectivity index (χ0n) is 16.3. The Hall–Kier alpha value is -0.450. The zero-order valence-corrected chi connectivity index (χ0v) is 16.3. The molecule has 1 aliphatic carbocycles. The third-order valence-electron chi connectivity index (χ3n) is 5.01. The van der Waals surface area contributed by atoms with Crippen molar-refractivity contribution in [3.8, 4) is 0 Å². The van der Waals surface area contributed by atoms with Crippen molar-refractivity contribution in [2.24, 2.45) is 21.7 Å². The number of ether oxygens (including phenoxy) is 1. The minimum Gasteiger partial charge on any atom is -0.379 e. The van der Waals surface area contributed by atoms with E-state index in [9.17, 15) is 0 Å². The van der Waals surface area contributed by atoms with Crippen LogP contribution in [0.4, 0.5) is 0 Å². The topological polar surface area (TPSA) is 59.8 Å². The van der Waals surface area contributed by atoms with Gasteiger partial charge in [0.1, 0.15) is 0 Å². The predicted molar refractivity (Wildman–Crippen MR) is 99.8 cm³/mol. The van der Waals surface area contributed by atoms with Gasteiger partial charge in [-0.1, -0.05) is 34.6 Å². The van der Waals surface area contributed by atoms with E-state index in [-0.39, 0.29) is 17.1 Å². The van der Waals surface area contributed by atoms with Crippen LogP contribution >= 0.6 is 0 Å². The molecular formula is C19H39N3O. The van der Waals surface area contributed by atoms with Crippen LogP contribution in [0.2, 0.25) is 0 Å². The largest absolute Gasteiger partial charge is 0.379 e. The molecular weight excluding hydrogens is 286 g/mol. The fourth-order valence-electron chi connectivity index (χ4n) is 4.75. The van der Waals surface area contributed by atoms with Crippen molar-refractivity contribution in [1.82, 2.24) is 11.1 Å². The standard InChI is InChI=1S/C19H36N2O.H3N/c1-16-11-17(2,3)13-19(6,12-16)20-14-18(4,5)15-21-7-9-22-10-8-21;/h14,16H,7-13,15H2,1-6H3;1H3. The van der Waals surface area contributed by atoms with Crippen LogP contribution in [0.1, 0.15) is 60.8 Å². The molecule has 4 heteroatoms. The summed E-state index contributed by atoms with van der Waals surface area (Å²) >= 11 is 0. The lowest BCUT2D eigenvalue weighted by Crippen LogP contribution is -2.43. The summed E-state index contributed by atoms with van der Waals surface area (Å²) < 4.78 is 5.44. The van der Waals surface area contributed by atoms with Crippen molar-refractivity contribution in [1.29, 1.82) is 0 Å². The highest BCUT2D eigenvalue weighted by atomic mass is 16.5. The van der Waals surface area contributed by atoms with E-state index in [4.69, 9.17) is 9.73 Å². The Labute approximate surface area is 143 Å². The Balaban J connectivity index is 0.00000264. The molecule has 1 saturated carbocycles. The molecule has 2 unspecified atom stereocenters. The second-order valence-electron chi connectivity index (χ2n) is 9.49. The fourth-order valence-corrected chi connectivity index (χ4v) is 4.75. The van der Waals surface area contributed by atoms with Crippen LogP contribution in [-0.2, 0) is 4.74 Å². The molecule has 3 N–H and O–H groups in total. The van der Waals surface area contributed by atoms with Gasteiger partial charge in [-0.05, 0) is 37.5 Å². The molecule has 1 heterocycles. The molecule has 0 aromatic rings. The summed E-state index contributed by atoms with van der Waals surface area (Å²) in [5.41, 5.74) is 0.659. The minimum absolute atomic E-state index is 0. The maximum absolute atomic E-state index is 5.44. The Bertz CT molecular complexity index is 399. The van der Waals surface area contributed by atoms with Gasteiger partial charge in [-0.25, -0.2) is 0 Å². The van der Waals surface area contributed by atoms with Gasteiger partial charge in [0.05, 0.1) is 18.8 Å². The van der Waals surface area contributed by atoms with Crippen molar-refractivity contribution < 1.29 is 4.74 Å². The molecule has 0 bridgehead atoms. The van der Waals surface area contributed by atoms with Crippen LogP contribution in [0, 0.1) is 16.7 Å². The first-order valence-corrected chi connectivity index (χ1v) is 8.96. The van der Waals surface area contributed by atoms with Crippen molar-refractivity contribution in [2.45, 2.75) is 66.3 Å². The van der Waals surface area contributed by atoms with E-state index in [0.717, 1.165) is 38.8 Å². The third-order valence-corrected chi connectivity index (χ3v) is 5.01. The number of rotatable bonds is 4. The number of nitrogens with zero attached hydrogens (tertiary/aromatic N) is 2. The molecule has 0 amide bonds. The maximum Gasteiger partial charge on any atom is 0.0594 e. The van der Waals surface area contributed by atoms with Crippen molar-refractivity contribution in [2.75, 3.05) is 32.8 Å². The second kappa shape index (κ2) is 7.62. The number of morpholine rings is 1. The minimum atomic E-state index is 0. The molecule has 0 radical (unpaired) electrons. The summed E-state index contributed by atoms with van der Waals surface area (Å²) in [6.45, 7) is 19.1. The normalized spacial score (nSPS) is 32.7. The van der Waals surface area contributed by atoms with Gasteiger partial charge >= 0.3 is 0 Å². The molecule has 0 aromatic carbocycles. The van der Waals surface area contributed by atoms with Gasteiger partial charge in [0.2, 0.25) is 0 Å². The first-order valence-electron chi connectivity index (χ1n) is 8.96. The average molecular weight is 326 g/mol. The van der Waals surface area contributed by atoms with E-state index in [0.29, 0.717) is 5.41 Å². The van der Waals surface area contributed by atoms with E-state index in [1.165, 1.54) is 19.3 Å². The lowest BCUT2D eigenvalue weighted by atomic mass is 9.65. The number of hydrogen-bond donors (Lipinski definition) is 1. The average Bonchev–Trinajstić information content (AvgIpc) is 2.34. The molecule has 2 atom stereocenters. The zero-order chi connectivity index (χ0) is 16.4. The summed E-state index contributed by atoms with van der Waals surface area (Å²) in [4.78, 5) is 7.62. The van der Waals surface area contributed by atoms with Crippen LogP contribution in [0.15, 0.2) is 4.99 Å². The summed E-state index contributed by atoms with van der Waals surface area (Å²) in [5, 5.41) is 0.